The van der Waals surface area contributed by atoms with Crippen molar-refractivity contribution in [2.45, 2.75) is 0 Å². The maximum absolute atomic E-state index is 4.68. The third-order valence-corrected chi connectivity index (χ3v) is 8.94. The van der Waals surface area contributed by atoms with Crippen molar-refractivity contribution < 1.29 is 0 Å². The summed E-state index contributed by atoms with van der Waals surface area (Å²) in [4.78, 5) is 4.67. The topological polar surface area (TPSA) is 41.0 Å². The molecular formula is C27H22N4S3. The Hall–Kier alpha value is -3.26. The van der Waals surface area contributed by atoms with E-state index < -0.39 is 0 Å². The van der Waals surface area contributed by atoms with Crippen molar-refractivity contribution in [3.8, 4) is 32.0 Å². The molecule has 0 saturated carbocycles. The van der Waals surface area contributed by atoms with Crippen LogP contribution < -0.4 is 10.2 Å². The SMILES string of the molecule is CNc1ccc(-c2ccc(-c3cc4sc(-c5ccc(N(C)C)cc5)cc4s3)c3nsnc23)cc1. The Morgan fingerprint density at radius 2 is 1.26 bits per heavy atom. The van der Waals surface area contributed by atoms with Gasteiger partial charge in [-0.25, -0.2) is 0 Å². The van der Waals surface area contributed by atoms with Gasteiger partial charge in [0.15, 0.2) is 0 Å². The predicted octanol–water partition coefficient (Wildman–Crippen LogP) is 8.08. The van der Waals surface area contributed by atoms with Crippen LogP contribution in [0, 0.1) is 0 Å². The second kappa shape index (κ2) is 8.51. The number of nitrogens with zero attached hydrogens (tertiary/aromatic N) is 3. The molecule has 168 valence electrons. The number of anilines is 2. The summed E-state index contributed by atoms with van der Waals surface area (Å²) in [6, 6.07) is 26.2. The van der Waals surface area contributed by atoms with E-state index in [4.69, 9.17) is 0 Å². The molecule has 0 unspecified atom stereocenters. The molecule has 6 aromatic rings. The van der Waals surface area contributed by atoms with E-state index in [9.17, 15) is 0 Å². The zero-order valence-electron chi connectivity index (χ0n) is 19.0. The number of fused-ring (bicyclic) bond motifs is 2. The normalized spacial score (nSPS) is 11.4. The van der Waals surface area contributed by atoms with Gasteiger partial charge >= 0.3 is 0 Å². The summed E-state index contributed by atoms with van der Waals surface area (Å²) in [6.45, 7) is 0. The summed E-state index contributed by atoms with van der Waals surface area (Å²) < 4.78 is 12.0. The highest BCUT2D eigenvalue weighted by Gasteiger charge is 2.16. The molecule has 0 spiro atoms. The third-order valence-electron chi connectivity index (χ3n) is 6.04. The van der Waals surface area contributed by atoms with E-state index in [0.717, 1.165) is 33.4 Å². The number of thiophene rings is 2. The Labute approximate surface area is 210 Å². The molecule has 0 amide bonds. The zero-order valence-corrected chi connectivity index (χ0v) is 21.4. The van der Waals surface area contributed by atoms with Crippen molar-refractivity contribution in [3.05, 3.63) is 72.8 Å². The van der Waals surface area contributed by atoms with E-state index in [1.165, 1.54) is 42.1 Å². The van der Waals surface area contributed by atoms with Crippen LogP contribution in [-0.2, 0) is 0 Å². The molecule has 6 rings (SSSR count). The van der Waals surface area contributed by atoms with Gasteiger partial charge in [0.25, 0.3) is 0 Å². The van der Waals surface area contributed by atoms with E-state index in [2.05, 4.69) is 106 Å². The summed E-state index contributed by atoms with van der Waals surface area (Å²) in [5.74, 6) is 0. The lowest BCUT2D eigenvalue weighted by Gasteiger charge is -2.12. The van der Waals surface area contributed by atoms with Crippen LogP contribution in [0.5, 0.6) is 0 Å². The monoisotopic (exact) mass is 498 g/mol. The van der Waals surface area contributed by atoms with Gasteiger partial charge in [-0.2, -0.15) is 8.75 Å². The van der Waals surface area contributed by atoms with Crippen LogP contribution in [0.4, 0.5) is 11.4 Å². The zero-order chi connectivity index (χ0) is 23.2. The molecule has 34 heavy (non-hydrogen) atoms. The first kappa shape index (κ1) is 21.3. The van der Waals surface area contributed by atoms with Crippen molar-refractivity contribution >= 4 is 66.2 Å². The Morgan fingerprint density at radius 1 is 0.676 bits per heavy atom. The van der Waals surface area contributed by atoms with Gasteiger partial charge in [0.2, 0.25) is 0 Å². The standard InChI is InChI=1S/C27H22N4S3/c1-28-18-8-4-16(5-9-18)20-12-13-21(27-26(20)29-34-30-27)23-15-25-24(33-23)14-22(32-25)17-6-10-19(11-7-17)31(2)3/h4-15,28H,1-3H3. The molecule has 3 aromatic carbocycles. The second-order valence-electron chi connectivity index (χ2n) is 8.34. The minimum Gasteiger partial charge on any atom is -0.388 e. The van der Waals surface area contributed by atoms with E-state index >= 15 is 0 Å². The number of aromatic nitrogens is 2. The van der Waals surface area contributed by atoms with Crippen molar-refractivity contribution in [1.82, 2.24) is 8.75 Å². The Bertz CT molecular complexity index is 1570. The molecule has 4 nitrogen and oxygen atoms in total. The summed E-state index contributed by atoms with van der Waals surface area (Å²) in [6.07, 6.45) is 0. The number of hydrogen-bond donors (Lipinski definition) is 1. The van der Waals surface area contributed by atoms with Gasteiger partial charge in [-0.05, 0) is 47.5 Å². The highest BCUT2D eigenvalue weighted by molar-refractivity contribution is 7.31. The third kappa shape index (κ3) is 3.66. The molecule has 0 aliphatic rings. The van der Waals surface area contributed by atoms with Gasteiger partial charge in [-0.3, -0.25) is 0 Å². The van der Waals surface area contributed by atoms with Gasteiger partial charge < -0.3 is 10.2 Å². The Morgan fingerprint density at radius 3 is 1.94 bits per heavy atom. The molecule has 0 atom stereocenters. The summed E-state index contributed by atoms with van der Waals surface area (Å²) in [5, 5.41) is 3.17. The molecular weight excluding hydrogens is 477 g/mol. The fourth-order valence-corrected chi connectivity index (χ4v) is 7.15. The first-order chi connectivity index (χ1) is 16.6. The van der Waals surface area contributed by atoms with Crippen molar-refractivity contribution in [2.75, 3.05) is 31.4 Å². The molecule has 0 aliphatic carbocycles. The number of rotatable bonds is 5. The van der Waals surface area contributed by atoms with E-state index in [0.29, 0.717) is 0 Å². The van der Waals surface area contributed by atoms with Crippen LogP contribution in [0.15, 0.2) is 72.8 Å². The highest BCUT2D eigenvalue weighted by atomic mass is 32.1. The first-order valence-electron chi connectivity index (χ1n) is 11.0. The predicted molar refractivity (Wildman–Crippen MR) is 151 cm³/mol. The molecule has 0 fully saturated rings. The Balaban J connectivity index is 1.36. The minimum absolute atomic E-state index is 0.970. The molecule has 0 radical (unpaired) electrons. The molecule has 3 aromatic heterocycles. The lowest BCUT2D eigenvalue weighted by atomic mass is 10.0. The summed E-state index contributed by atoms with van der Waals surface area (Å²) in [5.41, 5.74) is 8.96. The number of benzene rings is 3. The highest BCUT2D eigenvalue weighted by Crippen LogP contribution is 2.44. The molecule has 0 saturated heterocycles. The largest absolute Gasteiger partial charge is 0.388 e. The summed E-state index contributed by atoms with van der Waals surface area (Å²) in [7, 11) is 6.07. The van der Waals surface area contributed by atoms with Gasteiger partial charge in [0, 0.05) is 62.8 Å². The quantitative estimate of drug-likeness (QED) is 0.261. The average Bonchev–Trinajstić information content (AvgIpc) is 3.59. The second-order valence-corrected chi connectivity index (χ2v) is 11.0. The summed E-state index contributed by atoms with van der Waals surface area (Å²) >= 11 is 4.96. The van der Waals surface area contributed by atoms with Crippen LogP contribution in [-0.4, -0.2) is 29.9 Å². The van der Waals surface area contributed by atoms with E-state index in [-0.39, 0.29) is 0 Å². The smallest absolute Gasteiger partial charge is 0.114 e. The van der Waals surface area contributed by atoms with Crippen molar-refractivity contribution in [3.63, 3.8) is 0 Å². The van der Waals surface area contributed by atoms with Crippen LogP contribution in [0.25, 0.3) is 52.4 Å². The van der Waals surface area contributed by atoms with Crippen LogP contribution in [0.3, 0.4) is 0 Å². The molecule has 7 heteroatoms. The van der Waals surface area contributed by atoms with Crippen LogP contribution in [0.1, 0.15) is 0 Å². The van der Waals surface area contributed by atoms with Gasteiger partial charge in [0.1, 0.15) is 11.0 Å². The average molecular weight is 499 g/mol. The van der Waals surface area contributed by atoms with Crippen LogP contribution >= 0.6 is 34.4 Å². The fraction of sp³-hybridized carbons (Fsp3) is 0.111. The minimum atomic E-state index is 0.970. The van der Waals surface area contributed by atoms with E-state index in [1.54, 1.807) is 0 Å². The molecule has 0 bridgehead atoms. The molecule has 1 N–H and O–H groups in total. The van der Waals surface area contributed by atoms with Gasteiger partial charge in [-0.15, -0.1) is 22.7 Å². The van der Waals surface area contributed by atoms with Gasteiger partial charge in [0.05, 0.1) is 11.7 Å². The van der Waals surface area contributed by atoms with Crippen LogP contribution in [0.2, 0.25) is 0 Å². The number of nitrogens with one attached hydrogen (secondary N) is 1. The van der Waals surface area contributed by atoms with E-state index in [1.807, 2.05) is 29.7 Å². The maximum Gasteiger partial charge on any atom is 0.114 e. The molecule has 3 heterocycles. The van der Waals surface area contributed by atoms with Crippen molar-refractivity contribution in [1.29, 1.82) is 0 Å². The lowest BCUT2D eigenvalue weighted by molar-refractivity contribution is 1.13. The van der Waals surface area contributed by atoms with Gasteiger partial charge in [-0.1, -0.05) is 36.4 Å². The lowest BCUT2D eigenvalue weighted by Crippen LogP contribution is -2.07. The first-order valence-corrected chi connectivity index (χ1v) is 13.3. The maximum atomic E-state index is 4.68. The Kier molecular flexibility index (Phi) is 5.32. The number of hydrogen-bond acceptors (Lipinski definition) is 7. The molecule has 0 aliphatic heterocycles. The van der Waals surface area contributed by atoms with Crippen molar-refractivity contribution in [2.24, 2.45) is 0 Å². The fourth-order valence-electron chi connectivity index (χ4n) is 4.15.